The van der Waals surface area contributed by atoms with E-state index in [0.29, 0.717) is 0 Å². The molecule has 0 bridgehead atoms. The molecule has 0 spiro atoms. The minimum absolute atomic E-state index is 0.0101. The van der Waals surface area contributed by atoms with Crippen LogP contribution in [-0.2, 0) is 11.2 Å². The number of anilines is 1. The molecule has 0 saturated carbocycles. The van der Waals surface area contributed by atoms with Gasteiger partial charge in [-0.2, -0.15) is 0 Å². The molecule has 2 heterocycles. The Labute approximate surface area is 147 Å². The maximum atomic E-state index is 12.9. The Morgan fingerprint density at radius 2 is 2.12 bits per heavy atom. The van der Waals surface area contributed by atoms with Crippen LogP contribution in [-0.4, -0.2) is 36.7 Å². The predicted molar refractivity (Wildman–Crippen MR) is 98.8 cm³/mol. The van der Waals surface area contributed by atoms with E-state index >= 15 is 0 Å². The van der Waals surface area contributed by atoms with Gasteiger partial charge in [-0.25, -0.2) is 4.79 Å². The van der Waals surface area contributed by atoms with Crippen molar-refractivity contribution in [1.29, 1.82) is 0 Å². The van der Waals surface area contributed by atoms with Gasteiger partial charge in [0.2, 0.25) is 0 Å². The molecule has 5 heteroatoms. The van der Waals surface area contributed by atoms with E-state index in [9.17, 15) is 4.79 Å². The van der Waals surface area contributed by atoms with Crippen LogP contribution >= 0.6 is 11.3 Å². The van der Waals surface area contributed by atoms with Gasteiger partial charge in [0.1, 0.15) is 0 Å². The largest absolute Gasteiger partial charge is 0.381 e. The molecule has 4 nitrogen and oxygen atoms in total. The second-order valence-electron chi connectivity index (χ2n) is 6.17. The van der Waals surface area contributed by atoms with Crippen LogP contribution in [0.2, 0.25) is 0 Å². The van der Waals surface area contributed by atoms with Gasteiger partial charge >= 0.3 is 6.03 Å². The van der Waals surface area contributed by atoms with Crippen molar-refractivity contribution >= 4 is 23.1 Å². The molecule has 0 radical (unpaired) electrons. The van der Waals surface area contributed by atoms with E-state index in [1.54, 1.807) is 11.3 Å². The molecule has 1 aliphatic heterocycles. The number of hydrogen-bond donors (Lipinski definition) is 1. The van der Waals surface area contributed by atoms with E-state index in [2.05, 4.69) is 22.8 Å². The third-order valence-electron chi connectivity index (χ3n) is 4.34. The van der Waals surface area contributed by atoms with Crippen LogP contribution in [0.15, 0.2) is 41.8 Å². The van der Waals surface area contributed by atoms with Crippen molar-refractivity contribution in [2.24, 2.45) is 0 Å². The number of amides is 2. The first kappa shape index (κ1) is 17.0. The van der Waals surface area contributed by atoms with Gasteiger partial charge in [-0.15, -0.1) is 11.3 Å². The summed E-state index contributed by atoms with van der Waals surface area (Å²) < 4.78 is 5.46. The van der Waals surface area contributed by atoms with E-state index in [4.69, 9.17) is 4.74 Å². The fourth-order valence-electron chi connectivity index (χ4n) is 3.05. The van der Waals surface area contributed by atoms with Crippen LogP contribution in [0.1, 0.15) is 23.3 Å². The highest BCUT2D eigenvalue weighted by atomic mass is 32.1. The highest BCUT2D eigenvalue weighted by molar-refractivity contribution is 7.09. The maximum absolute atomic E-state index is 12.9. The molecular weight excluding hydrogens is 320 g/mol. The summed E-state index contributed by atoms with van der Waals surface area (Å²) in [5, 5.41) is 5.14. The van der Waals surface area contributed by atoms with Crippen LogP contribution in [0.25, 0.3) is 0 Å². The Morgan fingerprint density at radius 1 is 1.29 bits per heavy atom. The molecule has 1 aliphatic rings. The van der Waals surface area contributed by atoms with Crippen molar-refractivity contribution < 1.29 is 9.53 Å². The molecule has 1 aromatic heterocycles. The quantitative estimate of drug-likeness (QED) is 0.878. The topological polar surface area (TPSA) is 41.6 Å². The third kappa shape index (κ3) is 4.58. The molecule has 0 unspecified atom stereocenters. The predicted octanol–water partition coefficient (Wildman–Crippen LogP) is 4.31. The number of ether oxygens (including phenoxy) is 1. The average Bonchev–Trinajstić information content (AvgIpc) is 3.09. The Bertz CT molecular complexity index is 651. The van der Waals surface area contributed by atoms with Crippen LogP contribution in [0.3, 0.4) is 0 Å². The highest BCUT2D eigenvalue weighted by Gasteiger charge is 2.25. The van der Waals surface area contributed by atoms with E-state index < -0.39 is 0 Å². The Balaban J connectivity index is 1.68. The Hall–Kier alpha value is -1.85. The Kier molecular flexibility index (Phi) is 5.88. The maximum Gasteiger partial charge on any atom is 0.322 e. The van der Waals surface area contributed by atoms with Crippen molar-refractivity contribution in [2.75, 3.05) is 25.1 Å². The number of carbonyl (C=O) groups is 1. The molecule has 2 aromatic rings. The van der Waals surface area contributed by atoms with Crippen LogP contribution < -0.4 is 5.32 Å². The third-order valence-corrected chi connectivity index (χ3v) is 5.28. The minimum atomic E-state index is -0.0101. The van der Waals surface area contributed by atoms with E-state index in [1.165, 1.54) is 4.88 Å². The zero-order valence-electron chi connectivity index (χ0n) is 14.0. The van der Waals surface area contributed by atoms with Gasteiger partial charge in [-0.05, 0) is 55.3 Å². The van der Waals surface area contributed by atoms with Gasteiger partial charge in [0, 0.05) is 36.4 Å². The molecular formula is C19H24N2O2S. The summed E-state index contributed by atoms with van der Waals surface area (Å²) in [6, 6.07) is 12.4. The number of hydrogen-bond acceptors (Lipinski definition) is 3. The lowest BCUT2D eigenvalue weighted by Gasteiger charge is -2.34. The number of urea groups is 1. The summed E-state index contributed by atoms with van der Waals surface area (Å²) in [6.07, 6.45) is 2.72. The standard InChI is InChI=1S/C19H24N2O2S/c1-15-4-2-5-16(14-15)20-19(22)21(17-8-11-23-12-9-17)10-7-18-6-3-13-24-18/h2-6,13-14,17H,7-12H2,1H3,(H,20,22). The van der Waals surface area contributed by atoms with Crippen molar-refractivity contribution in [2.45, 2.75) is 32.2 Å². The first-order valence-corrected chi connectivity index (χ1v) is 9.35. The summed E-state index contributed by atoms with van der Waals surface area (Å²) in [4.78, 5) is 16.2. The van der Waals surface area contributed by atoms with E-state index in [0.717, 1.165) is 50.3 Å². The lowest BCUT2D eigenvalue weighted by atomic mass is 10.1. The number of benzene rings is 1. The SMILES string of the molecule is Cc1cccc(NC(=O)N(CCc2cccs2)C2CCOCC2)c1. The molecule has 2 amide bonds. The van der Waals surface area contributed by atoms with Gasteiger partial charge in [-0.3, -0.25) is 0 Å². The van der Waals surface area contributed by atoms with Crippen LogP contribution in [0, 0.1) is 6.92 Å². The monoisotopic (exact) mass is 344 g/mol. The molecule has 0 atom stereocenters. The summed E-state index contributed by atoms with van der Waals surface area (Å²) in [7, 11) is 0. The van der Waals surface area contributed by atoms with Crippen LogP contribution in [0.4, 0.5) is 10.5 Å². The lowest BCUT2D eigenvalue weighted by Crippen LogP contribution is -2.46. The van der Waals surface area contributed by atoms with Crippen LogP contribution in [0.5, 0.6) is 0 Å². The lowest BCUT2D eigenvalue weighted by molar-refractivity contribution is 0.0484. The van der Waals surface area contributed by atoms with Gasteiger partial charge in [0.05, 0.1) is 0 Å². The number of nitrogens with one attached hydrogen (secondary N) is 1. The summed E-state index contributed by atoms with van der Waals surface area (Å²) in [5.74, 6) is 0. The number of nitrogens with zero attached hydrogens (tertiary/aromatic N) is 1. The molecule has 1 N–H and O–H groups in total. The van der Waals surface area contributed by atoms with E-state index in [1.807, 2.05) is 36.1 Å². The molecule has 24 heavy (non-hydrogen) atoms. The molecule has 1 aromatic carbocycles. The normalized spacial score (nSPS) is 15.2. The molecule has 1 saturated heterocycles. The summed E-state index contributed by atoms with van der Waals surface area (Å²) in [6.45, 7) is 4.24. The zero-order valence-corrected chi connectivity index (χ0v) is 14.8. The van der Waals surface area contributed by atoms with Gasteiger partial charge in [0.25, 0.3) is 0 Å². The summed E-state index contributed by atoms with van der Waals surface area (Å²) >= 11 is 1.75. The van der Waals surface area contributed by atoms with Crippen molar-refractivity contribution in [1.82, 2.24) is 4.90 Å². The molecule has 1 fully saturated rings. The number of aryl methyl sites for hydroxylation is 1. The number of rotatable bonds is 5. The second kappa shape index (κ2) is 8.31. The van der Waals surface area contributed by atoms with Crippen molar-refractivity contribution in [3.05, 3.63) is 52.2 Å². The molecule has 0 aliphatic carbocycles. The first-order chi connectivity index (χ1) is 11.7. The van der Waals surface area contributed by atoms with Crippen molar-refractivity contribution in [3.8, 4) is 0 Å². The van der Waals surface area contributed by atoms with E-state index in [-0.39, 0.29) is 12.1 Å². The molecule has 128 valence electrons. The molecule has 3 rings (SSSR count). The minimum Gasteiger partial charge on any atom is -0.381 e. The fourth-order valence-corrected chi connectivity index (χ4v) is 3.75. The van der Waals surface area contributed by atoms with Gasteiger partial charge in [-0.1, -0.05) is 18.2 Å². The average molecular weight is 344 g/mol. The smallest absolute Gasteiger partial charge is 0.322 e. The summed E-state index contributed by atoms with van der Waals surface area (Å²) in [5.41, 5.74) is 2.00. The number of thiophene rings is 1. The Morgan fingerprint density at radius 3 is 2.83 bits per heavy atom. The van der Waals surface area contributed by atoms with Crippen molar-refractivity contribution in [3.63, 3.8) is 0 Å². The fraction of sp³-hybridized carbons (Fsp3) is 0.421. The zero-order chi connectivity index (χ0) is 16.8. The second-order valence-corrected chi connectivity index (χ2v) is 7.20. The van der Waals surface area contributed by atoms with Gasteiger partial charge in [0.15, 0.2) is 0 Å². The first-order valence-electron chi connectivity index (χ1n) is 8.47. The highest BCUT2D eigenvalue weighted by Crippen LogP contribution is 2.19. The number of carbonyl (C=O) groups excluding carboxylic acids is 1. The van der Waals surface area contributed by atoms with Gasteiger partial charge < -0.3 is 15.0 Å².